The summed E-state index contributed by atoms with van der Waals surface area (Å²) in [5.41, 5.74) is 0.827. The first-order valence-electron chi connectivity index (χ1n) is 5.90. The van der Waals surface area contributed by atoms with E-state index in [2.05, 4.69) is 15.2 Å². The first-order chi connectivity index (χ1) is 9.26. The molecule has 0 saturated carbocycles. The van der Waals surface area contributed by atoms with Crippen LogP contribution in [0.25, 0.3) is 0 Å². The third-order valence-electron chi connectivity index (χ3n) is 3.03. The lowest BCUT2D eigenvalue weighted by molar-refractivity contribution is -0.132. The normalized spacial score (nSPS) is 14.5. The number of hydrogen-bond acceptors (Lipinski definition) is 5. The second-order valence-electron chi connectivity index (χ2n) is 4.30. The monoisotopic (exact) mass is 297 g/mol. The molecule has 0 bridgehead atoms. The number of aromatic nitrogens is 4. The number of halogens is 1. The lowest BCUT2D eigenvalue weighted by Gasteiger charge is -2.26. The van der Waals surface area contributed by atoms with E-state index in [1.165, 1.54) is 11.3 Å². The van der Waals surface area contributed by atoms with Crippen LogP contribution in [0.5, 0.6) is 0 Å². The van der Waals surface area contributed by atoms with Crippen molar-refractivity contribution in [2.45, 2.75) is 25.4 Å². The molecule has 0 aromatic carbocycles. The SMILES string of the molecule is O=C(Cc1nc(CCl)cs1)N1CCn2cnnc2C1. The van der Waals surface area contributed by atoms with Gasteiger partial charge in [0.2, 0.25) is 5.91 Å². The first-order valence-corrected chi connectivity index (χ1v) is 7.31. The summed E-state index contributed by atoms with van der Waals surface area (Å²) in [6, 6.07) is 0. The minimum absolute atomic E-state index is 0.0738. The van der Waals surface area contributed by atoms with Gasteiger partial charge in [-0.05, 0) is 0 Å². The van der Waals surface area contributed by atoms with Crippen molar-refractivity contribution in [2.24, 2.45) is 0 Å². The average molecular weight is 298 g/mol. The molecule has 0 radical (unpaired) electrons. The maximum Gasteiger partial charge on any atom is 0.229 e. The van der Waals surface area contributed by atoms with Crippen molar-refractivity contribution in [1.82, 2.24) is 24.6 Å². The predicted molar refractivity (Wildman–Crippen MR) is 70.8 cm³/mol. The Labute approximate surface area is 119 Å². The van der Waals surface area contributed by atoms with E-state index in [1.807, 2.05) is 9.95 Å². The molecule has 1 aliphatic rings. The molecule has 6 nitrogen and oxygen atoms in total. The van der Waals surface area contributed by atoms with Gasteiger partial charge in [-0.1, -0.05) is 0 Å². The molecule has 0 N–H and O–H groups in total. The Hall–Kier alpha value is -1.47. The van der Waals surface area contributed by atoms with Gasteiger partial charge in [0, 0.05) is 18.5 Å². The van der Waals surface area contributed by atoms with Crippen molar-refractivity contribution >= 4 is 28.8 Å². The van der Waals surface area contributed by atoms with Crippen molar-refractivity contribution in [3.8, 4) is 0 Å². The van der Waals surface area contributed by atoms with Crippen LogP contribution >= 0.6 is 22.9 Å². The summed E-state index contributed by atoms with van der Waals surface area (Å²) in [6.45, 7) is 1.96. The Kier molecular flexibility index (Phi) is 3.48. The van der Waals surface area contributed by atoms with Gasteiger partial charge in [0.15, 0.2) is 5.82 Å². The zero-order chi connectivity index (χ0) is 13.2. The first kappa shape index (κ1) is 12.6. The summed E-state index contributed by atoms with van der Waals surface area (Å²) in [6.07, 6.45) is 2.03. The topological polar surface area (TPSA) is 63.9 Å². The lowest BCUT2D eigenvalue weighted by Crippen LogP contribution is -2.39. The summed E-state index contributed by atoms with van der Waals surface area (Å²) in [4.78, 5) is 18.3. The molecule has 0 unspecified atom stereocenters. The van der Waals surface area contributed by atoms with E-state index in [0.29, 0.717) is 25.4 Å². The number of amides is 1. The van der Waals surface area contributed by atoms with Gasteiger partial charge in [0.25, 0.3) is 0 Å². The van der Waals surface area contributed by atoms with Crippen LogP contribution in [0.4, 0.5) is 0 Å². The molecule has 0 aliphatic carbocycles. The van der Waals surface area contributed by atoms with Gasteiger partial charge < -0.3 is 9.47 Å². The highest BCUT2D eigenvalue weighted by Crippen LogP contribution is 2.15. The highest BCUT2D eigenvalue weighted by atomic mass is 35.5. The minimum atomic E-state index is 0.0738. The fourth-order valence-corrected chi connectivity index (χ4v) is 3.03. The third kappa shape index (κ3) is 2.62. The molecular formula is C11H12ClN5OS. The van der Waals surface area contributed by atoms with Crippen LogP contribution < -0.4 is 0 Å². The Bertz CT molecular complexity index is 595. The predicted octanol–water partition coefficient (Wildman–Crippen LogP) is 1.06. The van der Waals surface area contributed by atoms with Gasteiger partial charge in [0.05, 0.1) is 24.5 Å². The largest absolute Gasteiger partial charge is 0.333 e. The maximum absolute atomic E-state index is 12.2. The zero-order valence-electron chi connectivity index (χ0n) is 10.1. The fraction of sp³-hybridized carbons (Fsp3) is 0.455. The van der Waals surface area contributed by atoms with E-state index in [9.17, 15) is 4.79 Å². The molecule has 100 valence electrons. The standard InChI is InChI=1S/C11H12ClN5OS/c12-4-8-6-19-10(14-8)3-11(18)16-1-2-17-7-13-15-9(17)5-16/h6-7H,1-5H2. The number of nitrogens with zero attached hydrogens (tertiary/aromatic N) is 5. The molecule has 2 aromatic rings. The van der Waals surface area contributed by atoms with Gasteiger partial charge in [-0.25, -0.2) is 4.98 Å². The molecule has 19 heavy (non-hydrogen) atoms. The van der Waals surface area contributed by atoms with Crippen LogP contribution in [0, 0.1) is 0 Å². The number of carbonyl (C=O) groups excluding carboxylic acids is 1. The average Bonchev–Trinajstić information content (AvgIpc) is 3.05. The summed E-state index contributed by atoms with van der Waals surface area (Å²) in [5.74, 6) is 1.29. The molecule has 0 fully saturated rings. The Morgan fingerprint density at radius 3 is 3.16 bits per heavy atom. The summed E-state index contributed by atoms with van der Waals surface area (Å²) in [5, 5.41) is 10.6. The summed E-state index contributed by atoms with van der Waals surface area (Å²) < 4.78 is 1.97. The smallest absolute Gasteiger partial charge is 0.229 e. The molecule has 1 amide bonds. The molecule has 2 aromatic heterocycles. The van der Waals surface area contributed by atoms with Crippen LogP contribution in [0.15, 0.2) is 11.7 Å². The van der Waals surface area contributed by atoms with E-state index in [1.54, 1.807) is 11.2 Å². The third-order valence-corrected chi connectivity index (χ3v) is 4.20. The highest BCUT2D eigenvalue weighted by molar-refractivity contribution is 7.09. The van der Waals surface area contributed by atoms with Crippen molar-refractivity contribution in [1.29, 1.82) is 0 Å². The van der Waals surface area contributed by atoms with Crippen molar-refractivity contribution in [3.63, 3.8) is 0 Å². The summed E-state index contributed by atoms with van der Waals surface area (Å²) >= 11 is 7.18. The van der Waals surface area contributed by atoms with Gasteiger partial charge in [-0.3, -0.25) is 4.79 Å². The molecule has 1 aliphatic heterocycles. The highest BCUT2D eigenvalue weighted by Gasteiger charge is 2.22. The number of alkyl halides is 1. The fourth-order valence-electron chi connectivity index (χ4n) is 2.01. The van der Waals surface area contributed by atoms with Gasteiger partial charge in [0.1, 0.15) is 11.3 Å². The molecule has 0 spiro atoms. The van der Waals surface area contributed by atoms with Crippen LogP contribution in [-0.2, 0) is 30.2 Å². The number of rotatable bonds is 3. The number of fused-ring (bicyclic) bond motifs is 1. The van der Waals surface area contributed by atoms with Crippen LogP contribution in [-0.4, -0.2) is 37.1 Å². The molecule has 3 heterocycles. The summed E-state index contributed by atoms with van der Waals surface area (Å²) in [7, 11) is 0. The van der Waals surface area contributed by atoms with E-state index < -0.39 is 0 Å². The lowest BCUT2D eigenvalue weighted by atomic mass is 10.3. The van der Waals surface area contributed by atoms with E-state index in [-0.39, 0.29) is 5.91 Å². The second kappa shape index (κ2) is 5.26. The Morgan fingerprint density at radius 1 is 1.47 bits per heavy atom. The number of hydrogen-bond donors (Lipinski definition) is 0. The molecule has 0 saturated heterocycles. The molecule has 3 rings (SSSR count). The molecule has 8 heteroatoms. The van der Waals surface area contributed by atoms with Gasteiger partial charge >= 0.3 is 0 Å². The van der Waals surface area contributed by atoms with Crippen LogP contribution in [0.1, 0.15) is 16.5 Å². The quantitative estimate of drug-likeness (QED) is 0.795. The molecular weight excluding hydrogens is 286 g/mol. The maximum atomic E-state index is 12.2. The molecule has 0 atom stereocenters. The van der Waals surface area contributed by atoms with E-state index in [0.717, 1.165) is 23.1 Å². The van der Waals surface area contributed by atoms with Gasteiger partial charge in [-0.15, -0.1) is 33.1 Å². The minimum Gasteiger partial charge on any atom is -0.333 e. The van der Waals surface area contributed by atoms with E-state index in [4.69, 9.17) is 11.6 Å². The van der Waals surface area contributed by atoms with E-state index >= 15 is 0 Å². The zero-order valence-corrected chi connectivity index (χ0v) is 11.7. The van der Waals surface area contributed by atoms with Gasteiger partial charge in [-0.2, -0.15) is 0 Å². The Balaban J connectivity index is 1.65. The Morgan fingerprint density at radius 2 is 2.37 bits per heavy atom. The van der Waals surface area contributed by atoms with Crippen LogP contribution in [0.3, 0.4) is 0 Å². The number of carbonyl (C=O) groups is 1. The van der Waals surface area contributed by atoms with Crippen molar-refractivity contribution < 1.29 is 4.79 Å². The van der Waals surface area contributed by atoms with Crippen LogP contribution in [0.2, 0.25) is 0 Å². The number of thiazole rings is 1. The van der Waals surface area contributed by atoms with Crippen molar-refractivity contribution in [2.75, 3.05) is 6.54 Å². The second-order valence-corrected chi connectivity index (χ2v) is 5.51. The van der Waals surface area contributed by atoms with Crippen molar-refractivity contribution in [3.05, 3.63) is 28.2 Å².